The van der Waals surface area contributed by atoms with Crippen molar-refractivity contribution in [2.24, 2.45) is 0 Å². The van der Waals surface area contributed by atoms with E-state index in [1.165, 1.54) is 0 Å². The van der Waals surface area contributed by atoms with E-state index < -0.39 is 12.1 Å². The molecular formula is C15H13F3N2O2. The number of hydrogen-bond donors (Lipinski definition) is 1. The van der Waals surface area contributed by atoms with E-state index in [0.29, 0.717) is 21.5 Å². The third kappa shape index (κ3) is 2.36. The van der Waals surface area contributed by atoms with E-state index >= 15 is 0 Å². The number of rotatable bonds is 0. The highest BCUT2D eigenvalue weighted by Gasteiger charge is 2.43. The van der Waals surface area contributed by atoms with Gasteiger partial charge in [0.05, 0.1) is 6.54 Å². The number of carbonyl (C=O) groups is 1. The van der Waals surface area contributed by atoms with Gasteiger partial charge < -0.3 is 9.88 Å². The summed E-state index contributed by atoms with van der Waals surface area (Å²) in [5.41, 5.74) is 2.07. The Kier molecular flexibility index (Phi) is 3.23. The van der Waals surface area contributed by atoms with Crippen LogP contribution in [-0.2, 0) is 17.8 Å². The van der Waals surface area contributed by atoms with Crippen molar-refractivity contribution in [3.8, 4) is 0 Å². The van der Waals surface area contributed by atoms with Crippen molar-refractivity contribution < 1.29 is 18.0 Å². The van der Waals surface area contributed by atoms with Gasteiger partial charge >= 0.3 is 12.1 Å². The number of nitrogens with one attached hydrogen (secondary N) is 1. The molecule has 2 aromatic rings. The number of nitrogens with zero attached hydrogens (tertiary/aromatic N) is 1. The maximum atomic E-state index is 12.5. The van der Waals surface area contributed by atoms with Crippen LogP contribution in [0, 0.1) is 6.92 Å². The number of halogens is 3. The lowest BCUT2D eigenvalue weighted by atomic mass is 10.0. The molecule has 1 amide bonds. The van der Waals surface area contributed by atoms with Gasteiger partial charge in [-0.25, -0.2) is 0 Å². The zero-order chi connectivity index (χ0) is 16.1. The van der Waals surface area contributed by atoms with Crippen LogP contribution in [0.4, 0.5) is 13.2 Å². The lowest BCUT2D eigenvalue weighted by Crippen LogP contribution is -2.45. The molecule has 0 radical (unpaired) electrons. The predicted octanol–water partition coefficient (Wildman–Crippen LogP) is 2.28. The van der Waals surface area contributed by atoms with Crippen LogP contribution in [0.5, 0.6) is 0 Å². The Balaban J connectivity index is 2.07. The standard InChI is InChI=1S/C15H13F3N2O2/c1-8-2-3-11-9(6-8)13(21)10-7-20(5-4-12(10)19-11)14(22)15(16,17)18/h2-3,6H,4-5,7H2,1H3,(H,19,21). The molecule has 0 unspecified atom stereocenters. The van der Waals surface area contributed by atoms with Crippen molar-refractivity contribution in [3.05, 3.63) is 45.2 Å². The fraction of sp³-hybridized carbons (Fsp3) is 0.333. The fourth-order valence-corrected chi connectivity index (χ4v) is 2.74. The normalized spacial score (nSPS) is 15.0. The summed E-state index contributed by atoms with van der Waals surface area (Å²) < 4.78 is 37.6. The summed E-state index contributed by atoms with van der Waals surface area (Å²) in [4.78, 5) is 27.6. The number of pyridine rings is 1. The molecule has 22 heavy (non-hydrogen) atoms. The molecule has 116 valence electrons. The molecule has 0 bridgehead atoms. The molecule has 0 saturated carbocycles. The second-order valence-electron chi connectivity index (χ2n) is 5.43. The van der Waals surface area contributed by atoms with Gasteiger partial charge in [-0.05, 0) is 19.1 Å². The van der Waals surface area contributed by atoms with E-state index in [1.54, 1.807) is 12.1 Å². The van der Waals surface area contributed by atoms with Gasteiger partial charge in [-0.2, -0.15) is 13.2 Å². The molecule has 3 rings (SSSR count). The van der Waals surface area contributed by atoms with E-state index in [4.69, 9.17) is 0 Å². The maximum absolute atomic E-state index is 12.5. The van der Waals surface area contributed by atoms with Crippen LogP contribution in [0.25, 0.3) is 10.9 Å². The third-order valence-corrected chi connectivity index (χ3v) is 3.85. The molecule has 1 N–H and O–H groups in total. The Labute approximate surface area is 123 Å². The quantitative estimate of drug-likeness (QED) is 0.811. The van der Waals surface area contributed by atoms with E-state index in [-0.39, 0.29) is 30.5 Å². The highest BCUT2D eigenvalue weighted by molar-refractivity contribution is 5.83. The molecule has 2 heterocycles. The molecule has 1 aromatic heterocycles. The maximum Gasteiger partial charge on any atom is 0.471 e. The van der Waals surface area contributed by atoms with Gasteiger partial charge in [0.1, 0.15) is 0 Å². The summed E-state index contributed by atoms with van der Waals surface area (Å²) in [5, 5.41) is 0.431. The van der Waals surface area contributed by atoms with Gasteiger partial charge in [-0.1, -0.05) is 11.6 Å². The van der Waals surface area contributed by atoms with Gasteiger partial charge in [-0.3, -0.25) is 9.59 Å². The minimum atomic E-state index is -4.92. The van der Waals surface area contributed by atoms with E-state index in [1.807, 2.05) is 13.0 Å². The first-order valence-corrected chi connectivity index (χ1v) is 6.78. The van der Waals surface area contributed by atoms with Gasteiger partial charge in [0.25, 0.3) is 0 Å². The molecule has 0 spiro atoms. The molecule has 1 aliphatic heterocycles. The van der Waals surface area contributed by atoms with Crippen LogP contribution < -0.4 is 5.43 Å². The van der Waals surface area contributed by atoms with Crippen molar-refractivity contribution in [1.29, 1.82) is 0 Å². The number of H-pyrrole nitrogens is 1. The van der Waals surface area contributed by atoms with Crippen LogP contribution in [0.1, 0.15) is 16.8 Å². The highest BCUT2D eigenvalue weighted by Crippen LogP contribution is 2.24. The number of carbonyl (C=O) groups excluding carboxylic acids is 1. The average molecular weight is 310 g/mol. The van der Waals surface area contributed by atoms with Crippen LogP contribution in [-0.4, -0.2) is 28.5 Å². The molecule has 4 nitrogen and oxygen atoms in total. The molecule has 1 aromatic carbocycles. The van der Waals surface area contributed by atoms with Crippen molar-refractivity contribution in [3.63, 3.8) is 0 Å². The Morgan fingerprint density at radius 2 is 2.05 bits per heavy atom. The zero-order valence-corrected chi connectivity index (χ0v) is 11.8. The lowest BCUT2D eigenvalue weighted by molar-refractivity contribution is -0.186. The SMILES string of the molecule is Cc1ccc2[nH]c3c(c(=O)c2c1)CN(C(=O)C(F)(F)F)CC3. The number of hydrogen-bond acceptors (Lipinski definition) is 2. The summed E-state index contributed by atoms with van der Waals surface area (Å²) in [6, 6.07) is 5.32. The first kappa shape index (κ1) is 14.6. The van der Waals surface area contributed by atoms with E-state index in [9.17, 15) is 22.8 Å². The van der Waals surface area contributed by atoms with Crippen LogP contribution in [0.3, 0.4) is 0 Å². The van der Waals surface area contributed by atoms with Gasteiger partial charge in [-0.15, -0.1) is 0 Å². The van der Waals surface area contributed by atoms with Crippen molar-refractivity contribution in [1.82, 2.24) is 9.88 Å². The number of benzene rings is 1. The smallest absolute Gasteiger partial charge is 0.358 e. The average Bonchev–Trinajstić information content (AvgIpc) is 2.46. The lowest BCUT2D eigenvalue weighted by Gasteiger charge is -2.29. The van der Waals surface area contributed by atoms with Crippen LogP contribution in [0.15, 0.2) is 23.0 Å². The predicted molar refractivity (Wildman–Crippen MR) is 74.5 cm³/mol. The second-order valence-corrected chi connectivity index (χ2v) is 5.43. The zero-order valence-electron chi connectivity index (χ0n) is 11.8. The number of aromatic amines is 1. The number of aryl methyl sites for hydroxylation is 1. The third-order valence-electron chi connectivity index (χ3n) is 3.85. The Bertz CT molecular complexity index is 824. The molecule has 0 fully saturated rings. The minimum absolute atomic E-state index is 0.0569. The second kappa shape index (κ2) is 4.86. The number of fused-ring (bicyclic) bond motifs is 2. The van der Waals surface area contributed by atoms with E-state index in [0.717, 1.165) is 5.56 Å². The molecule has 7 heteroatoms. The van der Waals surface area contributed by atoms with Crippen molar-refractivity contribution >= 4 is 16.8 Å². The first-order valence-electron chi connectivity index (χ1n) is 6.78. The van der Waals surface area contributed by atoms with Gasteiger partial charge in [0.2, 0.25) is 0 Å². The fourth-order valence-electron chi connectivity index (χ4n) is 2.74. The van der Waals surface area contributed by atoms with Gasteiger partial charge in [0.15, 0.2) is 5.43 Å². The number of amides is 1. The van der Waals surface area contributed by atoms with Crippen molar-refractivity contribution in [2.45, 2.75) is 26.1 Å². The molecule has 0 atom stereocenters. The van der Waals surface area contributed by atoms with E-state index in [2.05, 4.69) is 4.98 Å². The Morgan fingerprint density at radius 3 is 2.73 bits per heavy atom. The molecule has 0 aliphatic carbocycles. The summed E-state index contributed by atoms with van der Waals surface area (Å²) in [6.07, 6.45) is -4.71. The topological polar surface area (TPSA) is 53.2 Å². The Hall–Kier alpha value is -2.31. The highest BCUT2D eigenvalue weighted by atomic mass is 19.4. The first-order chi connectivity index (χ1) is 10.3. The largest absolute Gasteiger partial charge is 0.471 e. The summed E-state index contributed by atoms with van der Waals surface area (Å²) in [5.74, 6) is -1.90. The van der Waals surface area contributed by atoms with Crippen molar-refractivity contribution in [2.75, 3.05) is 6.54 Å². The molecule has 1 aliphatic rings. The Morgan fingerprint density at radius 1 is 1.32 bits per heavy atom. The van der Waals surface area contributed by atoms with Crippen LogP contribution in [0.2, 0.25) is 0 Å². The summed E-state index contributed by atoms with van der Waals surface area (Å²) in [6.45, 7) is 1.46. The number of alkyl halides is 3. The van der Waals surface area contributed by atoms with Crippen LogP contribution >= 0.6 is 0 Å². The monoisotopic (exact) mass is 310 g/mol. The summed E-state index contributed by atoms with van der Waals surface area (Å²) in [7, 11) is 0. The number of aromatic nitrogens is 1. The van der Waals surface area contributed by atoms with Gasteiger partial charge in [0, 0.05) is 35.1 Å². The minimum Gasteiger partial charge on any atom is -0.358 e. The summed E-state index contributed by atoms with van der Waals surface area (Å²) >= 11 is 0. The molecular weight excluding hydrogens is 297 g/mol. The molecule has 0 saturated heterocycles.